The monoisotopic (exact) mass is 368 g/mol. The van der Waals surface area contributed by atoms with Gasteiger partial charge in [0.2, 0.25) is 0 Å². The van der Waals surface area contributed by atoms with E-state index in [9.17, 15) is 9.90 Å². The number of ether oxygens (including phenoxy) is 1. The van der Waals surface area contributed by atoms with E-state index in [1.54, 1.807) is 5.57 Å². The van der Waals surface area contributed by atoms with Gasteiger partial charge in [-0.15, -0.1) is 0 Å². The van der Waals surface area contributed by atoms with Crippen LogP contribution in [0.15, 0.2) is 11.6 Å². The van der Waals surface area contributed by atoms with E-state index >= 15 is 0 Å². The van der Waals surface area contributed by atoms with Crippen molar-refractivity contribution in [2.24, 2.45) is 52.3 Å². The number of hydrogen-bond acceptors (Lipinski definition) is 3. The number of aliphatic hydroxyl groups is 1. The summed E-state index contributed by atoms with van der Waals surface area (Å²) in [4.78, 5) is 12.2. The van der Waals surface area contributed by atoms with Gasteiger partial charge in [0, 0.05) is 18.3 Å². The van der Waals surface area contributed by atoms with Crippen LogP contribution in [0.2, 0.25) is 0 Å². The summed E-state index contributed by atoms with van der Waals surface area (Å²) in [5, 5.41) is 10.2. The van der Waals surface area contributed by atoms with E-state index in [0.29, 0.717) is 17.6 Å². The van der Waals surface area contributed by atoms with Gasteiger partial charge in [0.25, 0.3) is 0 Å². The topological polar surface area (TPSA) is 46.5 Å². The summed E-state index contributed by atoms with van der Waals surface area (Å²) in [6.07, 6.45) is 10.5. The molecule has 6 fully saturated rings. The molecule has 0 amide bonds. The normalized spacial score (nSPS) is 65.0. The third-order valence-corrected chi connectivity index (χ3v) is 11.0. The molecule has 0 aromatic heterocycles. The average molecular weight is 369 g/mol. The number of rotatable bonds is 0. The number of hydrogen-bond donors (Lipinski definition) is 1. The SMILES string of the molecule is C[C@]12CCC(=O)C=C1C1CC1C1C2CC[C@@]2(C)C1C1CC1[C@@]21CCC(O)O1. The van der Waals surface area contributed by atoms with Crippen LogP contribution in [-0.2, 0) is 9.53 Å². The summed E-state index contributed by atoms with van der Waals surface area (Å²) in [5.41, 5.74) is 2.04. The lowest BCUT2D eigenvalue weighted by Crippen LogP contribution is -2.57. The Labute approximate surface area is 161 Å². The standard InChI is InChI=1S/C24H32O3/c1-22-6-3-12(25)9-17(22)13-10-14(13)20-16(22)4-7-23(2)21(20)15-11-18(15)24(23)8-5-19(26)27-24/h9,13-16,18-21,26H,3-8,10-11H2,1-2H3/t13?,14?,15?,16?,18?,19?,20?,21?,22-,23+,24+/m1/s1. The summed E-state index contributed by atoms with van der Waals surface area (Å²) in [7, 11) is 0. The first-order chi connectivity index (χ1) is 12.9. The number of carbonyl (C=O) groups is 1. The van der Waals surface area contributed by atoms with Crippen LogP contribution < -0.4 is 0 Å². The van der Waals surface area contributed by atoms with Crippen LogP contribution in [0.4, 0.5) is 0 Å². The average Bonchev–Trinajstić information content (AvgIpc) is 3.53. The summed E-state index contributed by atoms with van der Waals surface area (Å²) in [5.74, 6) is 5.84. The molecule has 1 spiro atoms. The third-order valence-electron chi connectivity index (χ3n) is 11.0. The van der Waals surface area contributed by atoms with Crippen LogP contribution >= 0.6 is 0 Å². The molecular weight excluding hydrogens is 336 g/mol. The smallest absolute Gasteiger partial charge is 0.155 e. The van der Waals surface area contributed by atoms with Gasteiger partial charge in [-0.05, 0) is 91.4 Å². The third kappa shape index (κ3) is 1.65. The first-order valence-corrected chi connectivity index (χ1v) is 11.5. The largest absolute Gasteiger partial charge is 0.368 e. The van der Waals surface area contributed by atoms with E-state index in [1.807, 2.05) is 0 Å². The summed E-state index contributed by atoms with van der Waals surface area (Å²) >= 11 is 0. The summed E-state index contributed by atoms with van der Waals surface area (Å²) < 4.78 is 6.41. The molecular formula is C24H32O3. The maximum atomic E-state index is 12.2. The molecule has 8 unspecified atom stereocenters. The number of ketones is 1. The molecule has 5 saturated carbocycles. The molecule has 1 N–H and O–H groups in total. The Hall–Kier alpha value is -0.670. The molecule has 3 heteroatoms. The highest BCUT2D eigenvalue weighted by atomic mass is 16.6. The zero-order valence-corrected chi connectivity index (χ0v) is 16.6. The van der Waals surface area contributed by atoms with Crippen molar-refractivity contribution in [2.75, 3.05) is 0 Å². The highest BCUT2D eigenvalue weighted by Gasteiger charge is 2.80. The first-order valence-electron chi connectivity index (χ1n) is 11.5. The maximum Gasteiger partial charge on any atom is 0.155 e. The molecule has 1 saturated heterocycles. The van der Waals surface area contributed by atoms with Gasteiger partial charge in [-0.25, -0.2) is 0 Å². The molecule has 1 aliphatic heterocycles. The fraction of sp³-hybridized carbons (Fsp3) is 0.875. The Kier molecular flexibility index (Phi) is 2.73. The number of aliphatic hydroxyl groups excluding tert-OH is 1. The van der Waals surface area contributed by atoms with Crippen LogP contribution in [0.1, 0.15) is 65.2 Å². The van der Waals surface area contributed by atoms with E-state index in [4.69, 9.17) is 4.74 Å². The van der Waals surface area contributed by atoms with E-state index in [-0.39, 0.29) is 16.4 Å². The number of allylic oxidation sites excluding steroid dienone is 1. The Morgan fingerprint density at radius 1 is 1.07 bits per heavy atom. The molecule has 1 heterocycles. The van der Waals surface area contributed by atoms with Gasteiger partial charge in [-0.2, -0.15) is 0 Å². The van der Waals surface area contributed by atoms with Gasteiger partial charge < -0.3 is 9.84 Å². The molecule has 0 aromatic rings. The van der Waals surface area contributed by atoms with Crippen molar-refractivity contribution in [1.29, 1.82) is 0 Å². The second-order valence-electron chi connectivity index (χ2n) is 11.7. The van der Waals surface area contributed by atoms with Crippen LogP contribution in [0.5, 0.6) is 0 Å². The predicted octanol–water partition coefficient (Wildman–Crippen LogP) is 4.10. The quantitative estimate of drug-likeness (QED) is 0.700. The zero-order chi connectivity index (χ0) is 18.3. The van der Waals surface area contributed by atoms with E-state index in [1.165, 1.54) is 25.7 Å². The molecule has 0 bridgehead atoms. The lowest BCUT2D eigenvalue weighted by molar-refractivity contribution is -0.210. The summed E-state index contributed by atoms with van der Waals surface area (Å²) in [6, 6.07) is 0. The zero-order valence-electron chi connectivity index (χ0n) is 16.6. The van der Waals surface area contributed by atoms with E-state index in [0.717, 1.165) is 55.3 Å². The molecule has 7 aliphatic rings. The Balaban J connectivity index is 1.33. The first kappa shape index (κ1) is 16.2. The maximum absolute atomic E-state index is 12.2. The van der Waals surface area contributed by atoms with Gasteiger partial charge in [-0.1, -0.05) is 19.4 Å². The van der Waals surface area contributed by atoms with Crippen molar-refractivity contribution < 1.29 is 14.6 Å². The molecule has 146 valence electrons. The molecule has 11 atom stereocenters. The van der Waals surface area contributed by atoms with Crippen molar-refractivity contribution in [3.05, 3.63) is 11.6 Å². The second kappa shape index (κ2) is 4.56. The molecule has 0 aromatic carbocycles. The van der Waals surface area contributed by atoms with Crippen LogP contribution in [-0.4, -0.2) is 22.8 Å². The van der Waals surface area contributed by atoms with Crippen molar-refractivity contribution >= 4 is 5.78 Å². The Morgan fingerprint density at radius 3 is 2.70 bits per heavy atom. The van der Waals surface area contributed by atoms with E-state index < -0.39 is 6.29 Å². The molecule has 7 rings (SSSR count). The van der Waals surface area contributed by atoms with Gasteiger partial charge in [0.15, 0.2) is 12.1 Å². The fourth-order valence-electron chi connectivity index (χ4n) is 9.88. The molecule has 0 radical (unpaired) electrons. The lowest BCUT2D eigenvalue weighted by atomic mass is 9.45. The van der Waals surface area contributed by atoms with Crippen molar-refractivity contribution in [1.82, 2.24) is 0 Å². The van der Waals surface area contributed by atoms with Gasteiger partial charge in [0.05, 0.1) is 5.60 Å². The molecule has 6 aliphatic carbocycles. The second-order valence-corrected chi connectivity index (χ2v) is 11.7. The molecule has 3 nitrogen and oxygen atoms in total. The highest BCUT2D eigenvalue weighted by molar-refractivity contribution is 5.92. The minimum absolute atomic E-state index is 0.0311. The van der Waals surface area contributed by atoms with Crippen LogP contribution in [0.25, 0.3) is 0 Å². The Morgan fingerprint density at radius 2 is 1.93 bits per heavy atom. The van der Waals surface area contributed by atoms with Crippen LogP contribution in [0, 0.1) is 52.3 Å². The molecule has 27 heavy (non-hydrogen) atoms. The predicted molar refractivity (Wildman–Crippen MR) is 100 cm³/mol. The fourth-order valence-corrected chi connectivity index (χ4v) is 9.88. The van der Waals surface area contributed by atoms with Crippen LogP contribution in [0.3, 0.4) is 0 Å². The minimum Gasteiger partial charge on any atom is -0.368 e. The van der Waals surface area contributed by atoms with E-state index in [2.05, 4.69) is 19.9 Å². The number of fused-ring (bicyclic) bond motifs is 12. The van der Waals surface area contributed by atoms with Crippen molar-refractivity contribution in [3.8, 4) is 0 Å². The highest BCUT2D eigenvalue weighted by Crippen LogP contribution is 2.82. The summed E-state index contributed by atoms with van der Waals surface area (Å²) in [6.45, 7) is 5.04. The minimum atomic E-state index is -0.531. The van der Waals surface area contributed by atoms with Gasteiger partial charge in [0.1, 0.15) is 0 Å². The van der Waals surface area contributed by atoms with Crippen molar-refractivity contribution in [2.45, 2.75) is 77.1 Å². The van der Waals surface area contributed by atoms with Gasteiger partial charge in [-0.3, -0.25) is 4.79 Å². The van der Waals surface area contributed by atoms with Gasteiger partial charge >= 0.3 is 0 Å². The number of carbonyl (C=O) groups excluding carboxylic acids is 1. The van der Waals surface area contributed by atoms with Crippen molar-refractivity contribution in [3.63, 3.8) is 0 Å². The Bertz CT molecular complexity index is 786. The lowest BCUT2D eigenvalue weighted by Gasteiger charge is -2.60.